The Morgan fingerprint density at radius 2 is 2.30 bits per heavy atom. The van der Waals surface area contributed by atoms with E-state index in [1.54, 1.807) is 0 Å². The van der Waals surface area contributed by atoms with Gasteiger partial charge in [0, 0.05) is 4.88 Å². The zero-order valence-corrected chi connectivity index (χ0v) is 12.1. The number of carbonyl (C=O) groups is 1. The van der Waals surface area contributed by atoms with Crippen LogP contribution in [0.3, 0.4) is 0 Å². The highest BCUT2D eigenvalue weighted by atomic mass is 32.1. The highest BCUT2D eigenvalue weighted by Gasteiger charge is 2.24. The normalized spacial score (nSPS) is 18.4. The van der Waals surface area contributed by atoms with Crippen molar-refractivity contribution in [3.63, 3.8) is 0 Å². The Hall–Kier alpha value is -1.80. The first-order chi connectivity index (χ1) is 9.63. The summed E-state index contributed by atoms with van der Waals surface area (Å²) in [4.78, 5) is 21.5. The summed E-state index contributed by atoms with van der Waals surface area (Å²) in [6.07, 6.45) is 2.03. The number of hydrogen-bond acceptors (Lipinski definition) is 7. The molecule has 3 heterocycles. The van der Waals surface area contributed by atoms with Crippen LogP contribution in [0.2, 0.25) is 0 Å². The quantitative estimate of drug-likeness (QED) is 0.896. The number of carbonyl (C=O) groups excluding carboxylic acids is 1. The third-order valence-corrected chi connectivity index (χ3v) is 4.24. The first-order valence-corrected chi connectivity index (χ1v) is 7.27. The van der Waals surface area contributed by atoms with Crippen molar-refractivity contribution >= 4 is 22.4 Å². The van der Waals surface area contributed by atoms with Gasteiger partial charge in [-0.15, -0.1) is 11.3 Å². The van der Waals surface area contributed by atoms with Crippen LogP contribution in [0, 0.1) is 13.8 Å². The Kier molecular flexibility index (Phi) is 3.49. The molecular formula is C12H15N5O2S. The smallest absolute Gasteiger partial charge is 0.298 e. The molecule has 1 aliphatic heterocycles. The molecule has 1 saturated heterocycles. The average Bonchev–Trinajstić information content (AvgIpc) is 3.12. The summed E-state index contributed by atoms with van der Waals surface area (Å²) in [7, 11) is 0. The lowest BCUT2D eigenvalue weighted by atomic mass is 10.2. The van der Waals surface area contributed by atoms with E-state index in [0.717, 1.165) is 30.0 Å². The molecule has 1 unspecified atom stereocenters. The van der Waals surface area contributed by atoms with Crippen molar-refractivity contribution in [3.05, 3.63) is 22.3 Å². The topological polar surface area (TPSA) is 92.9 Å². The van der Waals surface area contributed by atoms with Gasteiger partial charge in [0.2, 0.25) is 5.89 Å². The van der Waals surface area contributed by atoms with Gasteiger partial charge in [0.1, 0.15) is 0 Å². The molecular weight excluding hydrogens is 278 g/mol. The zero-order chi connectivity index (χ0) is 14.1. The summed E-state index contributed by atoms with van der Waals surface area (Å²) >= 11 is 1.43. The van der Waals surface area contributed by atoms with Gasteiger partial charge in [-0.2, -0.15) is 4.98 Å². The van der Waals surface area contributed by atoms with Gasteiger partial charge in [-0.1, -0.05) is 5.16 Å². The Morgan fingerprint density at radius 3 is 2.95 bits per heavy atom. The predicted molar refractivity (Wildman–Crippen MR) is 73.8 cm³/mol. The van der Waals surface area contributed by atoms with Crippen molar-refractivity contribution in [2.24, 2.45) is 0 Å². The number of rotatable bonds is 3. The summed E-state index contributed by atoms with van der Waals surface area (Å²) in [5.74, 6) is 0.116. The van der Waals surface area contributed by atoms with E-state index in [1.165, 1.54) is 11.3 Å². The lowest BCUT2D eigenvalue weighted by Crippen LogP contribution is -2.15. The Labute approximate surface area is 119 Å². The summed E-state index contributed by atoms with van der Waals surface area (Å²) in [5.41, 5.74) is 0.911. The molecule has 20 heavy (non-hydrogen) atoms. The second-order valence-corrected chi connectivity index (χ2v) is 5.92. The molecule has 7 nitrogen and oxygen atoms in total. The zero-order valence-electron chi connectivity index (χ0n) is 11.3. The van der Waals surface area contributed by atoms with Crippen LogP contribution < -0.4 is 10.6 Å². The molecule has 3 rings (SSSR count). The van der Waals surface area contributed by atoms with Crippen molar-refractivity contribution in [1.29, 1.82) is 0 Å². The molecule has 106 valence electrons. The molecule has 0 spiro atoms. The van der Waals surface area contributed by atoms with Crippen LogP contribution in [-0.2, 0) is 0 Å². The summed E-state index contributed by atoms with van der Waals surface area (Å²) in [6.45, 7) is 4.80. The lowest BCUT2D eigenvalue weighted by Gasteiger charge is -2.01. The molecule has 0 aliphatic carbocycles. The molecule has 1 aliphatic rings. The van der Waals surface area contributed by atoms with Crippen molar-refractivity contribution in [2.75, 3.05) is 11.9 Å². The highest BCUT2D eigenvalue weighted by Crippen LogP contribution is 2.23. The third-order valence-electron chi connectivity index (χ3n) is 3.25. The van der Waals surface area contributed by atoms with Gasteiger partial charge in [-0.3, -0.25) is 10.1 Å². The van der Waals surface area contributed by atoms with E-state index in [4.69, 9.17) is 4.52 Å². The SMILES string of the molecule is Cc1nc(NC(=O)c2noc(C3CCCN3)n2)sc1C. The molecule has 1 fully saturated rings. The average molecular weight is 293 g/mol. The van der Waals surface area contributed by atoms with E-state index < -0.39 is 5.91 Å². The van der Waals surface area contributed by atoms with E-state index in [9.17, 15) is 4.79 Å². The van der Waals surface area contributed by atoms with E-state index in [2.05, 4.69) is 25.8 Å². The number of amides is 1. The molecule has 2 N–H and O–H groups in total. The van der Waals surface area contributed by atoms with Gasteiger partial charge >= 0.3 is 0 Å². The number of nitrogens with zero attached hydrogens (tertiary/aromatic N) is 3. The molecule has 2 aromatic heterocycles. The van der Waals surface area contributed by atoms with Gasteiger partial charge in [-0.25, -0.2) is 4.98 Å². The number of anilines is 1. The lowest BCUT2D eigenvalue weighted by molar-refractivity contribution is 0.101. The minimum Gasteiger partial charge on any atom is -0.337 e. The molecule has 2 aromatic rings. The standard InChI is InChI=1S/C12H15N5O2S/c1-6-7(2)20-12(14-6)16-10(18)9-15-11(19-17-9)8-4-3-5-13-8/h8,13H,3-5H2,1-2H3,(H,14,16,18). The van der Waals surface area contributed by atoms with Gasteiger partial charge in [0.05, 0.1) is 11.7 Å². The maximum absolute atomic E-state index is 12.0. The number of aromatic nitrogens is 3. The summed E-state index contributed by atoms with van der Waals surface area (Å²) in [5, 5.41) is 10.2. The molecule has 0 aromatic carbocycles. The van der Waals surface area contributed by atoms with Crippen LogP contribution in [-0.4, -0.2) is 27.6 Å². The fourth-order valence-corrected chi connectivity index (χ4v) is 2.85. The maximum Gasteiger partial charge on any atom is 0.298 e. The maximum atomic E-state index is 12.0. The van der Waals surface area contributed by atoms with Crippen molar-refractivity contribution in [3.8, 4) is 0 Å². The summed E-state index contributed by atoms with van der Waals surface area (Å²) in [6, 6.07) is 0.0633. The first-order valence-electron chi connectivity index (χ1n) is 6.46. The van der Waals surface area contributed by atoms with Crippen LogP contribution >= 0.6 is 11.3 Å². The number of thiazole rings is 1. The number of aryl methyl sites for hydroxylation is 2. The van der Waals surface area contributed by atoms with E-state index in [0.29, 0.717) is 11.0 Å². The second-order valence-electron chi connectivity index (χ2n) is 4.72. The van der Waals surface area contributed by atoms with Crippen molar-refractivity contribution < 1.29 is 9.32 Å². The second kappa shape index (κ2) is 5.29. The van der Waals surface area contributed by atoms with E-state index in [-0.39, 0.29) is 11.9 Å². The van der Waals surface area contributed by atoms with Gasteiger partial charge < -0.3 is 9.84 Å². The van der Waals surface area contributed by atoms with E-state index >= 15 is 0 Å². The Morgan fingerprint density at radius 1 is 1.45 bits per heavy atom. The number of nitrogens with one attached hydrogen (secondary N) is 2. The van der Waals surface area contributed by atoms with E-state index in [1.807, 2.05) is 13.8 Å². The van der Waals surface area contributed by atoms with Crippen LogP contribution in [0.4, 0.5) is 5.13 Å². The predicted octanol–water partition coefficient (Wildman–Crippen LogP) is 1.82. The van der Waals surface area contributed by atoms with Crippen molar-refractivity contribution in [1.82, 2.24) is 20.4 Å². The molecule has 0 radical (unpaired) electrons. The molecule has 8 heteroatoms. The first kappa shape index (κ1) is 13.2. The Bertz CT molecular complexity index is 610. The van der Waals surface area contributed by atoms with Gasteiger partial charge in [0.25, 0.3) is 11.7 Å². The minimum atomic E-state index is -0.397. The fourth-order valence-electron chi connectivity index (χ4n) is 2.04. The Balaban J connectivity index is 1.70. The molecule has 1 amide bonds. The largest absolute Gasteiger partial charge is 0.337 e. The van der Waals surface area contributed by atoms with Crippen LogP contribution in [0.5, 0.6) is 0 Å². The monoisotopic (exact) mass is 293 g/mol. The fraction of sp³-hybridized carbons (Fsp3) is 0.500. The molecule has 0 bridgehead atoms. The highest BCUT2D eigenvalue weighted by molar-refractivity contribution is 7.15. The van der Waals surface area contributed by atoms with Crippen LogP contribution in [0.15, 0.2) is 4.52 Å². The van der Waals surface area contributed by atoms with Crippen LogP contribution in [0.25, 0.3) is 0 Å². The van der Waals surface area contributed by atoms with Crippen molar-refractivity contribution in [2.45, 2.75) is 32.7 Å². The molecule has 1 atom stereocenters. The molecule has 0 saturated carbocycles. The van der Waals surface area contributed by atoms with Crippen LogP contribution in [0.1, 0.15) is 46.0 Å². The third kappa shape index (κ3) is 2.56. The van der Waals surface area contributed by atoms with Gasteiger partial charge in [-0.05, 0) is 33.2 Å². The summed E-state index contributed by atoms with van der Waals surface area (Å²) < 4.78 is 5.13. The minimum absolute atomic E-state index is 0.0409. The van der Waals surface area contributed by atoms with Gasteiger partial charge in [0.15, 0.2) is 5.13 Å². The number of hydrogen-bond donors (Lipinski definition) is 2.